The smallest absolute Gasteiger partial charge is 0.343 e. The van der Waals surface area contributed by atoms with Crippen LogP contribution in [0, 0.1) is 0 Å². The molecule has 2 rings (SSSR count). The highest BCUT2D eigenvalue weighted by molar-refractivity contribution is 5.96. The average molecular weight is 312 g/mol. The summed E-state index contributed by atoms with van der Waals surface area (Å²) in [6.07, 6.45) is 3.25. The van der Waals surface area contributed by atoms with Crippen LogP contribution in [0.15, 0.2) is 48.5 Å². The van der Waals surface area contributed by atoms with Gasteiger partial charge in [0.2, 0.25) is 0 Å². The second kappa shape index (κ2) is 8.13. The van der Waals surface area contributed by atoms with Gasteiger partial charge in [0.05, 0.1) is 12.7 Å². The number of methoxy groups -OCH3 is 1. The molecule has 0 N–H and O–H groups in total. The van der Waals surface area contributed by atoms with Crippen LogP contribution in [0.25, 0.3) is 0 Å². The standard InChI is InChI=1S/C19H20O4/c1-3-4-7-14-10-12-15(13-11-14)18(20)23-17-9-6-5-8-16(17)19(21)22-2/h5-6,8-13H,3-4,7H2,1-2H3. The molecule has 0 amide bonds. The fraction of sp³-hybridized carbons (Fsp3) is 0.263. The topological polar surface area (TPSA) is 52.6 Å². The summed E-state index contributed by atoms with van der Waals surface area (Å²) in [7, 11) is 1.29. The summed E-state index contributed by atoms with van der Waals surface area (Å²) in [4.78, 5) is 23.9. The molecule has 0 saturated heterocycles. The summed E-state index contributed by atoms with van der Waals surface area (Å²) in [5.41, 5.74) is 1.87. The number of carbonyl (C=O) groups is 2. The first kappa shape index (κ1) is 16.7. The van der Waals surface area contributed by atoms with E-state index in [2.05, 4.69) is 11.7 Å². The second-order valence-corrected chi connectivity index (χ2v) is 5.18. The predicted octanol–water partition coefficient (Wildman–Crippen LogP) is 4.04. The maximum atomic E-state index is 12.2. The summed E-state index contributed by atoms with van der Waals surface area (Å²) in [6.45, 7) is 2.14. The fourth-order valence-corrected chi connectivity index (χ4v) is 2.18. The summed E-state index contributed by atoms with van der Waals surface area (Å²) in [5.74, 6) is -0.842. The van der Waals surface area contributed by atoms with Crippen molar-refractivity contribution in [3.63, 3.8) is 0 Å². The van der Waals surface area contributed by atoms with Crippen LogP contribution in [0.5, 0.6) is 5.75 Å². The number of rotatable bonds is 6. The maximum absolute atomic E-state index is 12.2. The molecule has 2 aromatic rings. The molecule has 0 spiro atoms. The quantitative estimate of drug-likeness (QED) is 0.597. The highest BCUT2D eigenvalue weighted by Gasteiger charge is 2.16. The van der Waals surface area contributed by atoms with E-state index in [9.17, 15) is 9.59 Å². The molecule has 23 heavy (non-hydrogen) atoms. The van der Waals surface area contributed by atoms with Crippen molar-refractivity contribution in [2.24, 2.45) is 0 Å². The third-order valence-corrected chi connectivity index (χ3v) is 3.50. The molecule has 0 radical (unpaired) electrons. The Morgan fingerprint density at radius 3 is 2.30 bits per heavy atom. The van der Waals surface area contributed by atoms with E-state index in [0.29, 0.717) is 5.56 Å². The first-order chi connectivity index (χ1) is 11.2. The number of para-hydroxylation sites is 1. The molecule has 4 nitrogen and oxygen atoms in total. The van der Waals surface area contributed by atoms with Gasteiger partial charge in [0.15, 0.2) is 0 Å². The third kappa shape index (κ3) is 4.42. The van der Waals surface area contributed by atoms with Crippen LogP contribution in [0.3, 0.4) is 0 Å². The van der Waals surface area contributed by atoms with Gasteiger partial charge in [-0.15, -0.1) is 0 Å². The van der Waals surface area contributed by atoms with Crippen LogP contribution in [0.2, 0.25) is 0 Å². The number of hydrogen-bond donors (Lipinski definition) is 0. The van der Waals surface area contributed by atoms with E-state index in [4.69, 9.17) is 4.74 Å². The highest BCUT2D eigenvalue weighted by Crippen LogP contribution is 2.20. The van der Waals surface area contributed by atoms with E-state index in [1.54, 1.807) is 36.4 Å². The number of benzene rings is 2. The zero-order valence-corrected chi connectivity index (χ0v) is 13.4. The lowest BCUT2D eigenvalue weighted by Gasteiger charge is -2.09. The molecule has 2 aromatic carbocycles. The molecule has 0 unspecified atom stereocenters. The normalized spacial score (nSPS) is 10.2. The van der Waals surface area contributed by atoms with E-state index in [-0.39, 0.29) is 11.3 Å². The van der Waals surface area contributed by atoms with Gasteiger partial charge in [-0.2, -0.15) is 0 Å². The van der Waals surface area contributed by atoms with Crippen LogP contribution < -0.4 is 4.74 Å². The van der Waals surface area contributed by atoms with Gasteiger partial charge in [-0.25, -0.2) is 9.59 Å². The molecule has 0 aliphatic carbocycles. The number of ether oxygens (including phenoxy) is 2. The molecule has 0 aromatic heterocycles. The molecule has 0 aliphatic heterocycles. The molecule has 0 atom stereocenters. The number of carbonyl (C=O) groups excluding carboxylic acids is 2. The molecule has 0 bridgehead atoms. The Labute approximate surface area is 136 Å². The monoisotopic (exact) mass is 312 g/mol. The van der Waals surface area contributed by atoms with Crippen molar-refractivity contribution in [2.75, 3.05) is 7.11 Å². The molecule has 0 heterocycles. The van der Waals surface area contributed by atoms with Crippen LogP contribution in [-0.4, -0.2) is 19.0 Å². The van der Waals surface area contributed by atoms with Crippen molar-refractivity contribution in [2.45, 2.75) is 26.2 Å². The number of hydrogen-bond acceptors (Lipinski definition) is 4. The Morgan fingerprint density at radius 2 is 1.65 bits per heavy atom. The predicted molar refractivity (Wildman–Crippen MR) is 87.8 cm³/mol. The number of unbranched alkanes of at least 4 members (excludes halogenated alkanes) is 1. The first-order valence-electron chi connectivity index (χ1n) is 7.64. The van der Waals surface area contributed by atoms with Gasteiger partial charge < -0.3 is 9.47 Å². The minimum atomic E-state index is -0.539. The zero-order chi connectivity index (χ0) is 16.7. The SMILES string of the molecule is CCCCc1ccc(C(=O)Oc2ccccc2C(=O)OC)cc1. The summed E-state index contributed by atoms with van der Waals surface area (Å²) < 4.78 is 10.0. The number of esters is 2. The summed E-state index contributed by atoms with van der Waals surface area (Å²) in [5, 5.41) is 0. The van der Waals surface area contributed by atoms with Crippen LogP contribution >= 0.6 is 0 Å². The average Bonchev–Trinajstić information content (AvgIpc) is 2.60. The summed E-state index contributed by atoms with van der Waals surface area (Å²) in [6, 6.07) is 13.9. The molecule has 0 fully saturated rings. The lowest BCUT2D eigenvalue weighted by Crippen LogP contribution is -2.12. The fourth-order valence-electron chi connectivity index (χ4n) is 2.18. The van der Waals surface area contributed by atoms with Gasteiger partial charge >= 0.3 is 11.9 Å². The maximum Gasteiger partial charge on any atom is 0.343 e. The lowest BCUT2D eigenvalue weighted by atomic mass is 10.1. The third-order valence-electron chi connectivity index (χ3n) is 3.50. The molecule has 120 valence electrons. The Hall–Kier alpha value is -2.62. The molecule has 4 heteroatoms. The van der Waals surface area contributed by atoms with Gasteiger partial charge in [-0.1, -0.05) is 37.6 Å². The lowest BCUT2D eigenvalue weighted by molar-refractivity contribution is 0.0593. The molecule has 0 aliphatic rings. The summed E-state index contributed by atoms with van der Waals surface area (Å²) >= 11 is 0. The van der Waals surface area contributed by atoms with E-state index in [1.807, 2.05) is 12.1 Å². The van der Waals surface area contributed by atoms with E-state index in [1.165, 1.54) is 12.7 Å². The van der Waals surface area contributed by atoms with Crippen molar-refractivity contribution < 1.29 is 19.1 Å². The zero-order valence-electron chi connectivity index (χ0n) is 13.4. The van der Waals surface area contributed by atoms with Gasteiger partial charge in [0, 0.05) is 0 Å². The van der Waals surface area contributed by atoms with Gasteiger partial charge in [0.1, 0.15) is 11.3 Å². The van der Waals surface area contributed by atoms with E-state index in [0.717, 1.165) is 19.3 Å². The van der Waals surface area contributed by atoms with Crippen LogP contribution in [-0.2, 0) is 11.2 Å². The van der Waals surface area contributed by atoms with Crippen molar-refractivity contribution in [3.05, 3.63) is 65.2 Å². The van der Waals surface area contributed by atoms with E-state index < -0.39 is 11.9 Å². The molecular weight excluding hydrogens is 292 g/mol. The Kier molecular flexibility index (Phi) is 5.92. The minimum absolute atomic E-state index is 0.194. The van der Waals surface area contributed by atoms with Crippen LogP contribution in [0.1, 0.15) is 46.0 Å². The van der Waals surface area contributed by atoms with Crippen LogP contribution in [0.4, 0.5) is 0 Å². The second-order valence-electron chi connectivity index (χ2n) is 5.18. The Bertz CT molecular complexity index is 674. The van der Waals surface area contributed by atoms with Crippen molar-refractivity contribution in [1.29, 1.82) is 0 Å². The Morgan fingerprint density at radius 1 is 0.957 bits per heavy atom. The first-order valence-corrected chi connectivity index (χ1v) is 7.64. The van der Waals surface area contributed by atoms with Crippen molar-refractivity contribution >= 4 is 11.9 Å². The van der Waals surface area contributed by atoms with Gasteiger partial charge in [0.25, 0.3) is 0 Å². The van der Waals surface area contributed by atoms with Crippen molar-refractivity contribution in [3.8, 4) is 5.75 Å². The minimum Gasteiger partial charge on any atom is -0.465 e. The number of aryl methyl sites for hydroxylation is 1. The molecular formula is C19H20O4. The van der Waals surface area contributed by atoms with Gasteiger partial charge in [-0.05, 0) is 42.7 Å². The largest absolute Gasteiger partial charge is 0.465 e. The highest BCUT2D eigenvalue weighted by atomic mass is 16.5. The Balaban J connectivity index is 2.12. The van der Waals surface area contributed by atoms with E-state index >= 15 is 0 Å². The molecule has 0 saturated carbocycles. The van der Waals surface area contributed by atoms with Gasteiger partial charge in [-0.3, -0.25) is 0 Å². The van der Waals surface area contributed by atoms with Crippen molar-refractivity contribution in [1.82, 2.24) is 0 Å².